The molecule has 2 atom stereocenters. The molecular weight excluding hydrogens is 302 g/mol. The quantitative estimate of drug-likeness (QED) is 0.657. The van der Waals surface area contributed by atoms with Gasteiger partial charge in [-0.1, -0.05) is 6.07 Å². The van der Waals surface area contributed by atoms with Crippen LogP contribution in [0.2, 0.25) is 0 Å². The summed E-state index contributed by atoms with van der Waals surface area (Å²) < 4.78 is 5.55. The summed E-state index contributed by atoms with van der Waals surface area (Å²) in [5, 5.41) is 13.2. The molecule has 124 valence electrons. The van der Waals surface area contributed by atoms with Gasteiger partial charge in [0.25, 0.3) is 11.6 Å². The summed E-state index contributed by atoms with van der Waals surface area (Å²) in [5.74, 6) is -0.720. The van der Waals surface area contributed by atoms with Gasteiger partial charge in [0.2, 0.25) is 5.91 Å². The van der Waals surface area contributed by atoms with E-state index < -0.39 is 10.8 Å². The van der Waals surface area contributed by atoms with Gasteiger partial charge in [-0.05, 0) is 19.9 Å². The van der Waals surface area contributed by atoms with E-state index in [-0.39, 0.29) is 35.9 Å². The van der Waals surface area contributed by atoms with Crippen LogP contribution in [0.5, 0.6) is 0 Å². The normalized spacial score (nSPS) is 20.9. The molecule has 1 heterocycles. The fraction of sp³-hybridized carbons (Fsp3) is 0.467. The average molecular weight is 321 g/mol. The minimum atomic E-state index is -0.571. The number of carbonyl (C=O) groups is 2. The Kier molecular flexibility index (Phi) is 5.28. The fourth-order valence-corrected chi connectivity index (χ4v) is 2.51. The molecule has 0 saturated carbocycles. The van der Waals surface area contributed by atoms with Crippen LogP contribution in [0.3, 0.4) is 0 Å². The van der Waals surface area contributed by atoms with E-state index in [1.165, 1.54) is 24.3 Å². The van der Waals surface area contributed by atoms with Crippen LogP contribution in [0.1, 0.15) is 24.2 Å². The Morgan fingerprint density at radius 3 is 2.61 bits per heavy atom. The largest absolute Gasteiger partial charge is 0.372 e. The fourth-order valence-electron chi connectivity index (χ4n) is 2.51. The average Bonchev–Trinajstić information content (AvgIpc) is 2.51. The van der Waals surface area contributed by atoms with Crippen LogP contribution in [0.4, 0.5) is 5.69 Å². The van der Waals surface area contributed by atoms with Crippen molar-refractivity contribution in [1.82, 2.24) is 10.2 Å². The van der Waals surface area contributed by atoms with Crippen molar-refractivity contribution in [2.75, 3.05) is 19.6 Å². The second-order valence-corrected chi connectivity index (χ2v) is 5.55. The van der Waals surface area contributed by atoms with Gasteiger partial charge in [-0.25, -0.2) is 0 Å². The van der Waals surface area contributed by atoms with Crippen molar-refractivity contribution in [3.8, 4) is 0 Å². The van der Waals surface area contributed by atoms with E-state index >= 15 is 0 Å². The number of nitrogens with zero attached hydrogens (tertiary/aromatic N) is 2. The van der Waals surface area contributed by atoms with Gasteiger partial charge in [-0.3, -0.25) is 19.7 Å². The Labute approximate surface area is 133 Å². The van der Waals surface area contributed by atoms with Crippen molar-refractivity contribution in [2.45, 2.75) is 26.1 Å². The zero-order valence-electron chi connectivity index (χ0n) is 13.0. The SMILES string of the molecule is C[C@@H]1CN(C(=O)CNC(=O)c2cccc([N+](=O)[O-])c2)C[C@H](C)O1. The molecule has 1 aromatic rings. The van der Waals surface area contributed by atoms with Crippen molar-refractivity contribution in [1.29, 1.82) is 0 Å². The molecule has 1 saturated heterocycles. The molecule has 8 heteroatoms. The van der Waals surface area contributed by atoms with Crippen LogP contribution in [0.15, 0.2) is 24.3 Å². The van der Waals surface area contributed by atoms with Gasteiger partial charge in [-0.2, -0.15) is 0 Å². The Bertz CT molecular complexity index is 609. The van der Waals surface area contributed by atoms with Crippen molar-refractivity contribution >= 4 is 17.5 Å². The summed E-state index contributed by atoms with van der Waals surface area (Å²) >= 11 is 0. The molecule has 1 aromatic carbocycles. The lowest BCUT2D eigenvalue weighted by atomic mass is 10.2. The standard InChI is InChI=1S/C15H19N3O5/c1-10-8-17(9-11(2)23-10)14(19)7-16-15(20)12-4-3-5-13(6-12)18(21)22/h3-6,10-11H,7-9H2,1-2H3,(H,16,20)/t10-,11+. The molecule has 0 radical (unpaired) electrons. The zero-order valence-corrected chi connectivity index (χ0v) is 13.0. The number of amides is 2. The number of rotatable bonds is 4. The Hall–Kier alpha value is -2.48. The van der Waals surface area contributed by atoms with Crippen molar-refractivity contribution in [3.05, 3.63) is 39.9 Å². The maximum Gasteiger partial charge on any atom is 0.270 e. The highest BCUT2D eigenvalue weighted by atomic mass is 16.6. The number of hydrogen-bond donors (Lipinski definition) is 1. The second-order valence-electron chi connectivity index (χ2n) is 5.55. The first-order valence-corrected chi connectivity index (χ1v) is 7.32. The molecule has 8 nitrogen and oxygen atoms in total. The third kappa shape index (κ3) is 4.49. The summed E-state index contributed by atoms with van der Waals surface area (Å²) in [5.41, 5.74) is -0.0180. The Morgan fingerprint density at radius 2 is 2.00 bits per heavy atom. The number of ether oxygens (including phenoxy) is 1. The topological polar surface area (TPSA) is 102 Å². The van der Waals surface area contributed by atoms with Crippen LogP contribution in [0, 0.1) is 10.1 Å². The molecule has 2 amide bonds. The molecular formula is C15H19N3O5. The number of hydrogen-bond acceptors (Lipinski definition) is 5. The number of morpholine rings is 1. The van der Waals surface area contributed by atoms with Gasteiger partial charge in [0, 0.05) is 30.8 Å². The minimum Gasteiger partial charge on any atom is -0.372 e. The summed E-state index contributed by atoms with van der Waals surface area (Å²) in [6.07, 6.45) is -0.0923. The third-order valence-electron chi connectivity index (χ3n) is 3.49. The predicted molar refractivity (Wildman–Crippen MR) is 82.0 cm³/mol. The summed E-state index contributed by atoms with van der Waals surface area (Å²) in [7, 11) is 0. The number of benzene rings is 1. The first kappa shape index (κ1) is 16.9. The molecule has 1 aliphatic heterocycles. The molecule has 0 bridgehead atoms. The number of nitro groups is 1. The molecule has 1 aliphatic rings. The van der Waals surface area contributed by atoms with Crippen LogP contribution in [-0.4, -0.2) is 53.5 Å². The number of carbonyl (C=O) groups excluding carboxylic acids is 2. The maximum atomic E-state index is 12.1. The van der Waals surface area contributed by atoms with Gasteiger partial charge in [0.15, 0.2) is 0 Å². The van der Waals surface area contributed by atoms with Crippen LogP contribution in [0.25, 0.3) is 0 Å². The lowest BCUT2D eigenvalue weighted by Crippen LogP contribution is -2.51. The molecule has 0 spiro atoms. The van der Waals surface area contributed by atoms with Crippen LogP contribution in [-0.2, 0) is 9.53 Å². The van der Waals surface area contributed by atoms with E-state index in [0.717, 1.165) is 0 Å². The molecule has 0 aliphatic carbocycles. The van der Waals surface area contributed by atoms with Gasteiger partial charge in [-0.15, -0.1) is 0 Å². The lowest BCUT2D eigenvalue weighted by Gasteiger charge is -2.35. The monoisotopic (exact) mass is 321 g/mol. The van der Waals surface area contributed by atoms with Crippen molar-refractivity contribution in [2.24, 2.45) is 0 Å². The summed E-state index contributed by atoms with van der Waals surface area (Å²) in [4.78, 5) is 35.9. The maximum absolute atomic E-state index is 12.1. The van der Waals surface area contributed by atoms with E-state index in [1.807, 2.05) is 13.8 Å². The van der Waals surface area contributed by atoms with Crippen LogP contribution < -0.4 is 5.32 Å². The third-order valence-corrected chi connectivity index (χ3v) is 3.49. The predicted octanol–water partition coefficient (Wildman–Crippen LogP) is 0.960. The van der Waals surface area contributed by atoms with Gasteiger partial charge in [0.1, 0.15) is 0 Å². The smallest absolute Gasteiger partial charge is 0.270 e. The first-order chi connectivity index (χ1) is 10.9. The van der Waals surface area contributed by atoms with Gasteiger partial charge < -0.3 is 15.0 Å². The highest BCUT2D eigenvalue weighted by Gasteiger charge is 2.26. The first-order valence-electron chi connectivity index (χ1n) is 7.32. The molecule has 0 unspecified atom stereocenters. The van der Waals surface area contributed by atoms with E-state index in [2.05, 4.69) is 5.32 Å². The molecule has 2 rings (SSSR count). The number of nitro benzene ring substituents is 1. The van der Waals surface area contributed by atoms with E-state index in [0.29, 0.717) is 13.1 Å². The molecule has 23 heavy (non-hydrogen) atoms. The molecule has 0 aromatic heterocycles. The molecule has 1 N–H and O–H groups in total. The number of nitrogens with one attached hydrogen (secondary N) is 1. The minimum absolute atomic E-state index is 0.0461. The van der Waals surface area contributed by atoms with Gasteiger partial charge in [0.05, 0.1) is 23.7 Å². The highest BCUT2D eigenvalue weighted by Crippen LogP contribution is 2.13. The highest BCUT2D eigenvalue weighted by molar-refractivity contribution is 5.96. The summed E-state index contributed by atoms with van der Waals surface area (Å²) in [6.45, 7) is 4.59. The van der Waals surface area contributed by atoms with Crippen molar-refractivity contribution in [3.63, 3.8) is 0 Å². The lowest BCUT2D eigenvalue weighted by molar-refractivity contribution is -0.384. The second kappa shape index (κ2) is 7.19. The van der Waals surface area contributed by atoms with Gasteiger partial charge >= 0.3 is 0 Å². The van der Waals surface area contributed by atoms with E-state index in [9.17, 15) is 19.7 Å². The van der Waals surface area contributed by atoms with Crippen molar-refractivity contribution < 1.29 is 19.2 Å². The Balaban J connectivity index is 1.92. The Morgan fingerprint density at radius 1 is 1.35 bits per heavy atom. The zero-order chi connectivity index (χ0) is 17.0. The van der Waals surface area contributed by atoms with Crippen LogP contribution >= 0.6 is 0 Å². The molecule has 1 fully saturated rings. The summed E-state index contributed by atoms with van der Waals surface area (Å²) in [6, 6.07) is 5.38. The van der Waals surface area contributed by atoms with E-state index in [4.69, 9.17) is 4.74 Å². The van der Waals surface area contributed by atoms with E-state index in [1.54, 1.807) is 4.90 Å². The number of non-ortho nitro benzene ring substituents is 1.